The molecule has 0 aromatic carbocycles. The van der Waals surface area contributed by atoms with Crippen LogP contribution in [0, 0.1) is 17.8 Å². The zero-order chi connectivity index (χ0) is 26.7. The molecule has 35 heavy (non-hydrogen) atoms. The van der Waals surface area contributed by atoms with Gasteiger partial charge in [-0.15, -0.1) is 0 Å². The maximum absolute atomic E-state index is 10.8. The SMILES string of the molecule is C=C1C[C@@H]2[C@H](/C=C/CC(C)(CCCC)O[Si](C)(C)CCCC)[C@@H](O[Si](C)(C)C(C)(C)C)C[C@@H]2C1O. The van der Waals surface area contributed by atoms with E-state index in [4.69, 9.17) is 8.85 Å². The molecule has 6 atom stereocenters. The van der Waals surface area contributed by atoms with Gasteiger partial charge in [0.2, 0.25) is 0 Å². The van der Waals surface area contributed by atoms with Crippen LogP contribution in [0.15, 0.2) is 24.3 Å². The molecule has 0 aliphatic heterocycles. The van der Waals surface area contributed by atoms with Crippen LogP contribution in [0.2, 0.25) is 37.3 Å². The molecular weight excluding hydrogens is 464 g/mol. The number of hydrogen-bond donors (Lipinski definition) is 1. The molecule has 0 radical (unpaired) electrons. The summed E-state index contributed by atoms with van der Waals surface area (Å²) in [6.45, 7) is 27.5. The molecule has 0 bridgehead atoms. The van der Waals surface area contributed by atoms with E-state index in [9.17, 15) is 5.11 Å². The van der Waals surface area contributed by atoms with Crippen molar-refractivity contribution in [1.29, 1.82) is 0 Å². The summed E-state index contributed by atoms with van der Waals surface area (Å²) in [6, 6.07) is 1.24. The zero-order valence-electron chi connectivity index (χ0n) is 24.9. The average Bonchev–Trinajstić information content (AvgIpc) is 3.19. The monoisotopic (exact) mass is 522 g/mol. The quantitative estimate of drug-likeness (QED) is 0.194. The molecule has 2 fully saturated rings. The molecule has 0 amide bonds. The van der Waals surface area contributed by atoms with Crippen LogP contribution in [0.3, 0.4) is 0 Å². The van der Waals surface area contributed by atoms with Crippen LogP contribution in [0.1, 0.15) is 92.9 Å². The summed E-state index contributed by atoms with van der Waals surface area (Å²) in [5.74, 6) is 1.08. The van der Waals surface area contributed by atoms with Gasteiger partial charge in [-0.05, 0) is 87.3 Å². The van der Waals surface area contributed by atoms with Crippen molar-refractivity contribution in [2.24, 2.45) is 17.8 Å². The van der Waals surface area contributed by atoms with Crippen molar-refractivity contribution in [1.82, 2.24) is 0 Å². The molecule has 0 aromatic heterocycles. The summed E-state index contributed by atoms with van der Waals surface area (Å²) in [4.78, 5) is 0. The smallest absolute Gasteiger partial charge is 0.192 e. The predicted octanol–water partition coefficient (Wildman–Crippen LogP) is 8.87. The summed E-state index contributed by atoms with van der Waals surface area (Å²) >= 11 is 0. The van der Waals surface area contributed by atoms with Crippen LogP contribution in [0.5, 0.6) is 0 Å². The second kappa shape index (κ2) is 12.1. The maximum Gasteiger partial charge on any atom is 0.192 e. The Balaban J connectivity index is 2.22. The molecule has 2 aliphatic rings. The lowest BCUT2D eigenvalue weighted by Gasteiger charge is -2.40. The van der Waals surface area contributed by atoms with Gasteiger partial charge in [0.15, 0.2) is 16.6 Å². The van der Waals surface area contributed by atoms with E-state index in [0.29, 0.717) is 11.8 Å². The lowest BCUT2D eigenvalue weighted by molar-refractivity contribution is 0.0690. The number of rotatable bonds is 13. The Bertz CT molecular complexity index is 724. The molecule has 1 N–H and O–H groups in total. The Morgan fingerprint density at radius 3 is 2.23 bits per heavy atom. The third kappa shape index (κ3) is 8.14. The fourth-order valence-electron chi connectivity index (χ4n) is 6.03. The summed E-state index contributed by atoms with van der Waals surface area (Å²) < 4.78 is 14.0. The number of aliphatic hydroxyl groups is 1. The van der Waals surface area contributed by atoms with Gasteiger partial charge in [-0.3, -0.25) is 0 Å². The first-order valence-electron chi connectivity index (χ1n) is 14.5. The third-order valence-corrected chi connectivity index (χ3v) is 16.3. The fourth-order valence-corrected chi connectivity index (χ4v) is 10.2. The van der Waals surface area contributed by atoms with Gasteiger partial charge >= 0.3 is 0 Å². The first-order chi connectivity index (χ1) is 16.1. The minimum absolute atomic E-state index is 0.0947. The van der Waals surface area contributed by atoms with Gasteiger partial charge in [-0.1, -0.05) is 79.0 Å². The number of unbranched alkanes of at least 4 members (excludes halogenated alkanes) is 2. The molecule has 3 nitrogen and oxygen atoms in total. The van der Waals surface area contributed by atoms with Gasteiger partial charge in [0, 0.05) is 5.92 Å². The first-order valence-corrected chi connectivity index (χ1v) is 20.5. The number of fused-ring (bicyclic) bond motifs is 1. The predicted molar refractivity (Wildman–Crippen MR) is 157 cm³/mol. The Morgan fingerprint density at radius 1 is 1.03 bits per heavy atom. The van der Waals surface area contributed by atoms with Gasteiger partial charge in [0.1, 0.15) is 0 Å². The molecule has 0 heterocycles. The van der Waals surface area contributed by atoms with Crippen LogP contribution < -0.4 is 0 Å². The highest BCUT2D eigenvalue weighted by Gasteiger charge is 2.52. The fraction of sp³-hybridized carbons (Fsp3) is 0.867. The molecule has 5 heteroatoms. The van der Waals surface area contributed by atoms with Crippen molar-refractivity contribution < 1.29 is 14.0 Å². The van der Waals surface area contributed by atoms with Gasteiger partial charge in [-0.2, -0.15) is 0 Å². The highest BCUT2D eigenvalue weighted by Crippen LogP contribution is 2.53. The number of hydrogen-bond acceptors (Lipinski definition) is 3. The molecule has 0 saturated heterocycles. The molecule has 204 valence electrons. The van der Waals surface area contributed by atoms with Crippen molar-refractivity contribution in [2.75, 3.05) is 0 Å². The minimum Gasteiger partial charge on any atom is -0.413 e. The molecule has 0 aromatic rings. The Hall–Kier alpha value is -0.206. The van der Waals surface area contributed by atoms with E-state index in [0.717, 1.165) is 31.3 Å². The van der Waals surface area contributed by atoms with E-state index in [-0.39, 0.29) is 28.8 Å². The third-order valence-electron chi connectivity index (χ3n) is 9.17. The van der Waals surface area contributed by atoms with Crippen molar-refractivity contribution in [3.05, 3.63) is 24.3 Å². The average molecular weight is 523 g/mol. The van der Waals surface area contributed by atoms with Crippen molar-refractivity contribution in [2.45, 2.75) is 148 Å². The first kappa shape index (κ1) is 31.0. The van der Waals surface area contributed by atoms with Crippen molar-refractivity contribution in [3.63, 3.8) is 0 Å². The molecule has 2 rings (SSSR count). The van der Waals surface area contributed by atoms with Crippen molar-refractivity contribution in [3.8, 4) is 0 Å². The van der Waals surface area contributed by atoms with E-state index in [1.807, 2.05) is 0 Å². The highest BCUT2D eigenvalue weighted by molar-refractivity contribution is 6.74. The second-order valence-electron chi connectivity index (χ2n) is 14.0. The number of aliphatic hydroxyl groups excluding tert-OH is 1. The van der Waals surface area contributed by atoms with E-state index in [1.54, 1.807) is 0 Å². The van der Waals surface area contributed by atoms with Crippen LogP contribution in [0.25, 0.3) is 0 Å². The van der Waals surface area contributed by atoms with Gasteiger partial charge in [0.25, 0.3) is 0 Å². The lowest BCUT2D eigenvalue weighted by Crippen LogP contribution is -2.45. The molecule has 2 aliphatic carbocycles. The second-order valence-corrected chi connectivity index (χ2v) is 23.0. The van der Waals surface area contributed by atoms with Gasteiger partial charge in [-0.25, -0.2) is 0 Å². The van der Waals surface area contributed by atoms with Crippen molar-refractivity contribution >= 4 is 16.6 Å². The lowest BCUT2D eigenvalue weighted by atomic mass is 9.89. The molecule has 2 unspecified atom stereocenters. The maximum atomic E-state index is 10.8. The van der Waals surface area contributed by atoms with E-state index < -0.39 is 16.6 Å². The molecule has 0 spiro atoms. The Labute approximate surface area is 220 Å². The van der Waals surface area contributed by atoms with E-state index in [2.05, 4.69) is 86.5 Å². The minimum atomic E-state index is -1.89. The van der Waals surface area contributed by atoms with E-state index in [1.165, 1.54) is 31.7 Å². The highest BCUT2D eigenvalue weighted by atomic mass is 28.4. The zero-order valence-corrected chi connectivity index (χ0v) is 26.9. The largest absolute Gasteiger partial charge is 0.413 e. The van der Waals surface area contributed by atoms with E-state index >= 15 is 0 Å². The van der Waals surface area contributed by atoms with Crippen LogP contribution >= 0.6 is 0 Å². The van der Waals surface area contributed by atoms with Crippen LogP contribution in [-0.2, 0) is 8.85 Å². The van der Waals surface area contributed by atoms with Crippen LogP contribution in [-0.4, -0.2) is 39.6 Å². The molecular formula is C30H58O3Si2. The molecule has 2 saturated carbocycles. The van der Waals surface area contributed by atoms with Gasteiger partial charge < -0.3 is 14.0 Å². The topological polar surface area (TPSA) is 38.7 Å². The normalized spacial score (nSPS) is 29.7. The Morgan fingerprint density at radius 2 is 1.66 bits per heavy atom. The summed E-state index contributed by atoms with van der Waals surface area (Å²) in [7, 11) is -3.59. The van der Waals surface area contributed by atoms with Crippen LogP contribution in [0.4, 0.5) is 0 Å². The Kier molecular flexibility index (Phi) is 10.7. The summed E-state index contributed by atoms with van der Waals surface area (Å²) in [6.07, 6.45) is 13.6. The standard InChI is InChI=1S/C30H58O3Si2/c1-12-14-18-30(7,33-34(8,9)20-15-13-2)19-16-17-24-25-21-23(3)28(31)26(25)22-27(24)32-35(10,11)29(4,5)6/h16-17,24-28,31H,3,12-15,18-22H2,1-2,4-11H3/b17-16+/t24-,25+,26-,27-,28?,30?/m0/s1. The summed E-state index contributed by atoms with van der Waals surface area (Å²) in [5.41, 5.74) is 0.923. The summed E-state index contributed by atoms with van der Waals surface area (Å²) in [5, 5.41) is 11.0. The van der Waals surface area contributed by atoms with Gasteiger partial charge in [0.05, 0.1) is 17.8 Å².